The van der Waals surface area contributed by atoms with E-state index in [-0.39, 0.29) is 0 Å². The third-order valence-corrected chi connectivity index (χ3v) is 2.96. The lowest BCUT2D eigenvalue weighted by Crippen LogP contribution is -2.07. The maximum absolute atomic E-state index is 10.9. The second-order valence-electron chi connectivity index (χ2n) is 4.53. The fourth-order valence-electron chi connectivity index (χ4n) is 1.69. The van der Waals surface area contributed by atoms with E-state index < -0.39 is 11.9 Å². The first kappa shape index (κ1) is 13.1. The molecule has 4 nitrogen and oxygen atoms in total. The Hall–Kier alpha value is -2.36. The molecular weight excluding hydrogens is 240 g/mol. The number of aromatic nitrogens is 1. The SMILES string of the molecule is Cc1ccc(Nc2ccc([C@H](C)C(=O)O)cc2)nc1. The number of nitrogens with one attached hydrogen (secondary N) is 1. The van der Waals surface area contributed by atoms with Crippen LogP contribution in [0, 0.1) is 6.92 Å². The van der Waals surface area contributed by atoms with Crippen molar-refractivity contribution in [1.82, 2.24) is 4.98 Å². The first-order valence-electron chi connectivity index (χ1n) is 6.08. The van der Waals surface area contributed by atoms with Crippen molar-refractivity contribution in [1.29, 1.82) is 0 Å². The average Bonchev–Trinajstić information content (AvgIpc) is 2.41. The number of hydrogen-bond acceptors (Lipinski definition) is 3. The zero-order valence-electron chi connectivity index (χ0n) is 10.9. The molecule has 0 radical (unpaired) electrons. The lowest BCUT2D eigenvalue weighted by molar-refractivity contribution is -0.138. The summed E-state index contributed by atoms with van der Waals surface area (Å²) in [6.07, 6.45) is 1.79. The maximum atomic E-state index is 10.9. The van der Waals surface area contributed by atoms with Crippen LogP contribution in [0.15, 0.2) is 42.6 Å². The van der Waals surface area contributed by atoms with E-state index in [4.69, 9.17) is 5.11 Å². The molecule has 1 aromatic heterocycles. The van der Waals surface area contributed by atoms with E-state index in [0.717, 1.165) is 22.6 Å². The van der Waals surface area contributed by atoms with Gasteiger partial charge >= 0.3 is 5.97 Å². The summed E-state index contributed by atoms with van der Waals surface area (Å²) in [5, 5.41) is 12.1. The van der Waals surface area contributed by atoms with Crippen molar-refractivity contribution in [3.63, 3.8) is 0 Å². The van der Waals surface area contributed by atoms with Crippen LogP contribution in [0.3, 0.4) is 0 Å². The average molecular weight is 256 g/mol. The molecule has 2 rings (SSSR count). The number of carboxylic acids is 1. The van der Waals surface area contributed by atoms with Crippen LogP contribution in [0.4, 0.5) is 11.5 Å². The number of aryl methyl sites for hydroxylation is 1. The van der Waals surface area contributed by atoms with Crippen molar-refractivity contribution in [3.8, 4) is 0 Å². The van der Waals surface area contributed by atoms with Gasteiger partial charge in [0, 0.05) is 11.9 Å². The third kappa shape index (κ3) is 3.31. The molecule has 1 aromatic carbocycles. The van der Waals surface area contributed by atoms with Gasteiger partial charge in [0.2, 0.25) is 0 Å². The van der Waals surface area contributed by atoms with Crippen molar-refractivity contribution in [3.05, 3.63) is 53.7 Å². The molecule has 0 bridgehead atoms. The zero-order valence-corrected chi connectivity index (χ0v) is 10.9. The predicted octanol–water partition coefficient (Wildman–Crippen LogP) is 3.32. The monoisotopic (exact) mass is 256 g/mol. The van der Waals surface area contributed by atoms with Crippen LogP contribution in [0.2, 0.25) is 0 Å². The Kier molecular flexibility index (Phi) is 3.80. The highest BCUT2D eigenvalue weighted by Gasteiger charge is 2.12. The number of hydrogen-bond donors (Lipinski definition) is 2. The first-order valence-corrected chi connectivity index (χ1v) is 6.08. The molecule has 1 atom stereocenters. The van der Waals surface area contributed by atoms with Crippen molar-refractivity contribution >= 4 is 17.5 Å². The molecule has 0 fully saturated rings. The van der Waals surface area contributed by atoms with Crippen LogP contribution < -0.4 is 5.32 Å². The Morgan fingerprint density at radius 1 is 1.21 bits per heavy atom. The van der Waals surface area contributed by atoms with Crippen LogP contribution in [-0.2, 0) is 4.79 Å². The predicted molar refractivity (Wildman–Crippen MR) is 74.7 cm³/mol. The Morgan fingerprint density at radius 3 is 2.42 bits per heavy atom. The molecule has 1 heterocycles. The van der Waals surface area contributed by atoms with Gasteiger partial charge in [-0.05, 0) is 43.2 Å². The highest BCUT2D eigenvalue weighted by molar-refractivity contribution is 5.75. The van der Waals surface area contributed by atoms with Gasteiger partial charge in [0.25, 0.3) is 0 Å². The highest BCUT2D eigenvalue weighted by Crippen LogP contribution is 2.20. The number of aliphatic carboxylic acids is 1. The third-order valence-electron chi connectivity index (χ3n) is 2.96. The number of benzene rings is 1. The van der Waals surface area contributed by atoms with Crippen molar-refractivity contribution < 1.29 is 9.90 Å². The van der Waals surface area contributed by atoms with Crippen LogP contribution in [0.1, 0.15) is 24.0 Å². The van der Waals surface area contributed by atoms with Crippen molar-refractivity contribution in [2.75, 3.05) is 5.32 Å². The van der Waals surface area contributed by atoms with E-state index in [1.165, 1.54) is 0 Å². The Balaban J connectivity index is 2.10. The zero-order chi connectivity index (χ0) is 13.8. The van der Waals surface area contributed by atoms with E-state index in [9.17, 15) is 4.79 Å². The molecule has 0 aliphatic carbocycles. The van der Waals surface area contributed by atoms with E-state index in [0.29, 0.717) is 0 Å². The van der Waals surface area contributed by atoms with Gasteiger partial charge in [-0.3, -0.25) is 4.79 Å². The lowest BCUT2D eigenvalue weighted by Gasteiger charge is -2.09. The highest BCUT2D eigenvalue weighted by atomic mass is 16.4. The second-order valence-corrected chi connectivity index (χ2v) is 4.53. The minimum atomic E-state index is -0.819. The molecule has 0 aliphatic heterocycles. The van der Waals surface area contributed by atoms with Gasteiger partial charge in [-0.25, -0.2) is 4.98 Å². The molecule has 2 aromatic rings. The van der Waals surface area contributed by atoms with Gasteiger partial charge in [-0.15, -0.1) is 0 Å². The minimum absolute atomic E-state index is 0.494. The molecule has 4 heteroatoms. The van der Waals surface area contributed by atoms with Gasteiger partial charge in [-0.2, -0.15) is 0 Å². The van der Waals surface area contributed by atoms with Gasteiger partial charge in [0.15, 0.2) is 0 Å². The summed E-state index contributed by atoms with van der Waals surface area (Å²) in [4.78, 5) is 15.1. The van der Waals surface area contributed by atoms with Gasteiger partial charge < -0.3 is 10.4 Å². The molecule has 2 N–H and O–H groups in total. The van der Waals surface area contributed by atoms with Crippen LogP contribution in [-0.4, -0.2) is 16.1 Å². The van der Waals surface area contributed by atoms with E-state index in [2.05, 4.69) is 10.3 Å². The molecule has 0 saturated carbocycles. The molecule has 0 unspecified atom stereocenters. The number of rotatable bonds is 4. The number of carboxylic acid groups (broad SMARTS) is 1. The summed E-state index contributed by atoms with van der Waals surface area (Å²) in [7, 11) is 0. The molecule has 0 saturated heterocycles. The maximum Gasteiger partial charge on any atom is 0.310 e. The van der Waals surface area contributed by atoms with E-state index in [1.54, 1.807) is 13.1 Å². The number of carbonyl (C=O) groups is 1. The number of anilines is 2. The summed E-state index contributed by atoms with van der Waals surface area (Å²) >= 11 is 0. The summed E-state index contributed by atoms with van der Waals surface area (Å²) < 4.78 is 0. The molecule has 0 spiro atoms. The quantitative estimate of drug-likeness (QED) is 0.880. The molecule has 0 aliphatic rings. The van der Waals surface area contributed by atoms with Crippen molar-refractivity contribution in [2.45, 2.75) is 19.8 Å². The van der Waals surface area contributed by atoms with Crippen LogP contribution >= 0.6 is 0 Å². The molecule has 98 valence electrons. The number of nitrogens with zero attached hydrogens (tertiary/aromatic N) is 1. The van der Waals surface area contributed by atoms with Crippen molar-refractivity contribution in [2.24, 2.45) is 0 Å². The summed E-state index contributed by atoms with van der Waals surface area (Å²) in [5.41, 5.74) is 2.78. The molecule has 0 amide bonds. The topological polar surface area (TPSA) is 62.2 Å². The minimum Gasteiger partial charge on any atom is -0.481 e. The van der Waals surface area contributed by atoms with Gasteiger partial charge in [0.1, 0.15) is 5.82 Å². The number of pyridine rings is 1. The molecular formula is C15H16N2O2. The summed E-state index contributed by atoms with van der Waals surface area (Å²) in [6.45, 7) is 3.66. The standard InChI is InChI=1S/C15H16N2O2/c1-10-3-8-14(16-9-10)17-13-6-4-12(5-7-13)11(2)15(18)19/h3-9,11H,1-2H3,(H,16,17)(H,18,19)/t11-/m0/s1. The Morgan fingerprint density at radius 2 is 1.89 bits per heavy atom. The second kappa shape index (κ2) is 5.52. The Bertz CT molecular complexity index is 562. The first-order chi connectivity index (χ1) is 9.06. The fourth-order valence-corrected chi connectivity index (χ4v) is 1.69. The normalized spacial score (nSPS) is 11.9. The Labute approximate surface area is 112 Å². The van der Waals surface area contributed by atoms with Crippen LogP contribution in [0.25, 0.3) is 0 Å². The van der Waals surface area contributed by atoms with E-state index in [1.807, 2.05) is 43.3 Å². The summed E-state index contributed by atoms with van der Waals surface area (Å²) in [5.74, 6) is -0.544. The van der Waals surface area contributed by atoms with E-state index >= 15 is 0 Å². The van der Waals surface area contributed by atoms with Crippen LogP contribution in [0.5, 0.6) is 0 Å². The lowest BCUT2D eigenvalue weighted by atomic mass is 10.0. The van der Waals surface area contributed by atoms with Gasteiger partial charge in [-0.1, -0.05) is 18.2 Å². The summed E-state index contributed by atoms with van der Waals surface area (Å²) in [6, 6.07) is 11.2. The molecule has 19 heavy (non-hydrogen) atoms. The van der Waals surface area contributed by atoms with Gasteiger partial charge in [0.05, 0.1) is 5.92 Å². The largest absolute Gasteiger partial charge is 0.481 e. The smallest absolute Gasteiger partial charge is 0.310 e. The fraction of sp³-hybridized carbons (Fsp3) is 0.200.